The molecule has 0 bridgehead atoms. The molecule has 2 nitrogen and oxygen atoms in total. The molecule has 0 aliphatic carbocycles. The molecule has 1 aromatic heterocycles. The van der Waals surface area contributed by atoms with Gasteiger partial charge in [0.15, 0.2) is 0 Å². The van der Waals surface area contributed by atoms with Crippen LogP contribution < -0.4 is 4.90 Å². The van der Waals surface area contributed by atoms with Gasteiger partial charge in [-0.3, -0.25) is 0 Å². The largest absolute Gasteiger partial charge is 0.310 e. The average molecular weight is 789 g/mol. The second-order valence-electron chi connectivity index (χ2n) is 16.1. The number of hydrogen-bond acceptors (Lipinski definition) is 1. The lowest BCUT2D eigenvalue weighted by molar-refractivity contribution is 1.20. The minimum atomic E-state index is 1.09. The summed E-state index contributed by atoms with van der Waals surface area (Å²) in [4.78, 5) is 2.38. The van der Waals surface area contributed by atoms with E-state index < -0.39 is 0 Å². The van der Waals surface area contributed by atoms with E-state index in [1.807, 2.05) is 0 Å². The van der Waals surface area contributed by atoms with Gasteiger partial charge in [0.25, 0.3) is 0 Å². The van der Waals surface area contributed by atoms with Crippen LogP contribution in [0, 0.1) is 0 Å². The predicted molar refractivity (Wildman–Crippen MR) is 264 cm³/mol. The first-order chi connectivity index (χ1) is 30.8. The van der Waals surface area contributed by atoms with Gasteiger partial charge in [0.2, 0.25) is 0 Å². The second kappa shape index (κ2) is 14.8. The Morgan fingerprint density at radius 1 is 0.274 bits per heavy atom. The van der Waals surface area contributed by atoms with Crippen molar-refractivity contribution in [1.29, 1.82) is 0 Å². The number of rotatable bonds is 7. The van der Waals surface area contributed by atoms with Gasteiger partial charge in [-0.15, -0.1) is 0 Å². The van der Waals surface area contributed by atoms with Gasteiger partial charge in [0, 0.05) is 33.2 Å². The Morgan fingerprint density at radius 2 is 0.806 bits per heavy atom. The maximum Gasteiger partial charge on any atom is 0.0547 e. The summed E-state index contributed by atoms with van der Waals surface area (Å²) >= 11 is 0. The Kier molecular flexibility index (Phi) is 8.53. The zero-order valence-corrected chi connectivity index (χ0v) is 34.0. The number of benzene rings is 11. The van der Waals surface area contributed by atoms with Gasteiger partial charge in [0.05, 0.1) is 16.7 Å². The third-order valence-electron chi connectivity index (χ3n) is 12.6. The summed E-state index contributed by atoms with van der Waals surface area (Å²) in [5, 5.41) is 9.99. The molecule has 0 amide bonds. The van der Waals surface area contributed by atoms with Crippen LogP contribution in [0.15, 0.2) is 243 Å². The van der Waals surface area contributed by atoms with Crippen LogP contribution in [0.2, 0.25) is 0 Å². The number of fused-ring (bicyclic) bond motifs is 7. The highest BCUT2D eigenvalue weighted by molar-refractivity contribution is 6.18. The van der Waals surface area contributed by atoms with Crippen molar-refractivity contribution in [2.45, 2.75) is 0 Å². The van der Waals surface area contributed by atoms with E-state index in [0.29, 0.717) is 0 Å². The van der Waals surface area contributed by atoms with Crippen molar-refractivity contribution in [1.82, 2.24) is 4.57 Å². The van der Waals surface area contributed by atoms with Gasteiger partial charge in [-0.05, 0) is 115 Å². The molecule has 0 atom stereocenters. The van der Waals surface area contributed by atoms with Crippen LogP contribution in [0.4, 0.5) is 17.1 Å². The van der Waals surface area contributed by atoms with Gasteiger partial charge in [0.1, 0.15) is 0 Å². The number of hydrogen-bond donors (Lipinski definition) is 0. The Morgan fingerprint density at radius 3 is 1.60 bits per heavy atom. The lowest BCUT2D eigenvalue weighted by Gasteiger charge is -2.26. The van der Waals surface area contributed by atoms with Crippen molar-refractivity contribution in [3.8, 4) is 39.1 Å². The molecule has 12 aromatic rings. The van der Waals surface area contributed by atoms with E-state index in [9.17, 15) is 0 Å². The van der Waals surface area contributed by atoms with Crippen molar-refractivity contribution >= 4 is 71.2 Å². The van der Waals surface area contributed by atoms with Crippen molar-refractivity contribution in [2.24, 2.45) is 0 Å². The van der Waals surface area contributed by atoms with Crippen LogP contribution in [0.5, 0.6) is 0 Å². The highest BCUT2D eigenvalue weighted by Gasteiger charge is 2.20. The first-order valence-electron chi connectivity index (χ1n) is 21.3. The molecule has 0 spiro atoms. The summed E-state index contributed by atoms with van der Waals surface area (Å²) in [6.45, 7) is 0. The molecule has 0 saturated carbocycles. The van der Waals surface area contributed by atoms with Gasteiger partial charge in [-0.25, -0.2) is 0 Å². The van der Waals surface area contributed by atoms with Crippen molar-refractivity contribution in [3.63, 3.8) is 0 Å². The summed E-state index contributed by atoms with van der Waals surface area (Å²) in [6, 6.07) is 88.4. The van der Waals surface area contributed by atoms with Crippen LogP contribution in [-0.4, -0.2) is 4.57 Å². The topological polar surface area (TPSA) is 8.17 Å². The second-order valence-corrected chi connectivity index (χ2v) is 16.1. The molecule has 0 radical (unpaired) electrons. The summed E-state index contributed by atoms with van der Waals surface area (Å²) in [5.41, 5.74) is 14.0. The molecule has 1 heterocycles. The highest BCUT2D eigenvalue weighted by Crippen LogP contribution is 2.44. The number of anilines is 3. The van der Waals surface area contributed by atoms with Gasteiger partial charge >= 0.3 is 0 Å². The maximum atomic E-state index is 2.48. The zero-order valence-electron chi connectivity index (χ0n) is 34.0. The fourth-order valence-corrected chi connectivity index (χ4v) is 9.70. The normalized spacial score (nSPS) is 11.5. The molecule has 11 aromatic carbocycles. The fraction of sp³-hybridized carbons (Fsp3) is 0. The van der Waals surface area contributed by atoms with Crippen LogP contribution >= 0.6 is 0 Å². The van der Waals surface area contributed by atoms with E-state index in [-0.39, 0.29) is 0 Å². The van der Waals surface area contributed by atoms with E-state index in [1.165, 1.54) is 87.6 Å². The highest BCUT2D eigenvalue weighted by atomic mass is 15.1. The van der Waals surface area contributed by atoms with Gasteiger partial charge in [-0.1, -0.05) is 188 Å². The minimum Gasteiger partial charge on any atom is -0.310 e. The summed E-state index contributed by atoms with van der Waals surface area (Å²) < 4.78 is 2.48. The Hall–Kier alpha value is -8.20. The molecule has 62 heavy (non-hydrogen) atoms. The van der Waals surface area contributed by atoms with Crippen molar-refractivity contribution in [3.05, 3.63) is 243 Å². The van der Waals surface area contributed by atoms with Crippen LogP contribution in [0.3, 0.4) is 0 Å². The Balaban J connectivity index is 1.02. The summed E-state index contributed by atoms with van der Waals surface area (Å²) in [5.74, 6) is 0. The molecule has 0 fully saturated rings. The molecule has 12 rings (SSSR count). The third-order valence-corrected chi connectivity index (χ3v) is 12.6. The SMILES string of the molecule is c1ccc(-c2ccc(N(c3ccc(-c4cccc5ccccc45)cc3)c3cccc(-c4cccc5c4c4ccccc4n5-c4cc5ccccc5c5ccccc45)c3)cc2)cc1. The van der Waals surface area contributed by atoms with Crippen molar-refractivity contribution in [2.75, 3.05) is 4.90 Å². The molecule has 0 aliphatic heterocycles. The van der Waals surface area contributed by atoms with E-state index in [4.69, 9.17) is 0 Å². The minimum absolute atomic E-state index is 1.09. The first kappa shape index (κ1) is 35.7. The maximum absolute atomic E-state index is 2.48. The monoisotopic (exact) mass is 788 g/mol. The van der Waals surface area contributed by atoms with E-state index >= 15 is 0 Å². The molecular weight excluding hydrogens is 749 g/mol. The Labute approximate surface area is 360 Å². The molecule has 0 N–H and O–H groups in total. The lowest BCUT2D eigenvalue weighted by Crippen LogP contribution is -2.10. The van der Waals surface area contributed by atoms with E-state index in [0.717, 1.165) is 22.6 Å². The standard InChI is InChI=1S/C60H40N2/c1-2-15-41(16-3-1)42-31-35-47(36-32-42)61(48-37-33-44(34-38-48)51-27-13-19-43-17-4-6-22-50(43)51)49-21-12-20-45(39-49)53-28-14-30-58-60(53)56-26-10-11-29-57(56)62(58)59-40-46-18-5-7-23-52(46)54-24-8-9-25-55(54)59/h1-40H. The molecule has 2 heteroatoms. The van der Waals surface area contributed by atoms with Gasteiger partial charge < -0.3 is 9.47 Å². The van der Waals surface area contributed by atoms with Crippen LogP contribution in [0.25, 0.3) is 93.2 Å². The summed E-state index contributed by atoms with van der Waals surface area (Å²) in [6.07, 6.45) is 0. The number of aromatic nitrogens is 1. The summed E-state index contributed by atoms with van der Waals surface area (Å²) in [7, 11) is 0. The Bertz CT molecular complexity index is 3610. The number of para-hydroxylation sites is 1. The van der Waals surface area contributed by atoms with Crippen LogP contribution in [-0.2, 0) is 0 Å². The smallest absolute Gasteiger partial charge is 0.0547 e. The molecule has 0 saturated heterocycles. The predicted octanol–water partition coefficient (Wildman–Crippen LogP) is 16.7. The van der Waals surface area contributed by atoms with E-state index in [2.05, 4.69) is 252 Å². The zero-order chi connectivity index (χ0) is 41.0. The molecule has 0 unspecified atom stereocenters. The molecule has 290 valence electrons. The number of nitrogens with zero attached hydrogens (tertiary/aromatic N) is 2. The van der Waals surface area contributed by atoms with Crippen molar-refractivity contribution < 1.29 is 0 Å². The van der Waals surface area contributed by atoms with Gasteiger partial charge in [-0.2, -0.15) is 0 Å². The first-order valence-corrected chi connectivity index (χ1v) is 21.3. The third kappa shape index (κ3) is 5.96. The average Bonchev–Trinajstić information content (AvgIpc) is 3.69. The quantitative estimate of drug-likeness (QED) is 0.146. The fourth-order valence-electron chi connectivity index (χ4n) is 9.70. The molecule has 0 aliphatic rings. The lowest BCUT2D eigenvalue weighted by atomic mass is 9.97. The van der Waals surface area contributed by atoms with E-state index in [1.54, 1.807) is 0 Å². The van der Waals surface area contributed by atoms with Crippen LogP contribution in [0.1, 0.15) is 0 Å². The molecular formula is C60H40N2.